The summed E-state index contributed by atoms with van der Waals surface area (Å²) < 4.78 is 20.5. The number of anilines is 1. The first kappa shape index (κ1) is 17.4. The molecule has 2 fully saturated rings. The first-order valence-electron chi connectivity index (χ1n) is 8.95. The van der Waals surface area contributed by atoms with Crippen molar-refractivity contribution in [2.45, 2.75) is 31.2 Å². The molecule has 0 aliphatic carbocycles. The molecule has 2 aliphatic heterocycles. The molecule has 2 saturated heterocycles. The zero-order chi connectivity index (χ0) is 18.3. The standard InChI is InChI=1S/C19H24N4O2S/c1-13-10-14(2)21-19(20-13)23-11-15-8-9-22(12-16(15)23)26(24)18-7-5-4-6-17(18)25-3/h4-7,10,15-16H,8-9,11-12H2,1-3H3. The summed E-state index contributed by atoms with van der Waals surface area (Å²) in [6.07, 6.45) is 1.05. The molecule has 2 aromatic rings. The van der Waals surface area contributed by atoms with E-state index in [1.807, 2.05) is 48.5 Å². The number of hydrogen-bond acceptors (Lipinski definition) is 5. The molecular weight excluding hydrogens is 348 g/mol. The highest BCUT2D eigenvalue weighted by atomic mass is 32.2. The van der Waals surface area contributed by atoms with Gasteiger partial charge in [-0.3, -0.25) is 0 Å². The molecule has 0 radical (unpaired) electrons. The average molecular weight is 372 g/mol. The van der Waals surface area contributed by atoms with Gasteiger partial charge in [-0.25, -0.2) is 18.5 Å². The topological polar surface area (TPSA) is 58.6 Å². The molecule has 2 aliphatic rings. The van der Waals surface area contributed by atoms with Crippen molar-refractivity contribution in [3.8, 4) is 5.75 Å². The molecule has 6 nitrogen and oxygen atoms in total. The van der Waals surface area contributed by atoms with Gasteiger partial charge in [-0.15, -0.1) is 0 Å². The lowest BCUT2D eigenvalue weighted by Crippen LogP contribution is -2.65. The van der Waals surface area contributed by atoms with Crippen molar-refractivity contribution in [1.82, 2.24) is 14.3 Å². The molecule has 1 aromatic heterocycles. The second kappa shape index (κ2) is 6.96. The monoisotopic (exact) mass is 372 g/mol. The largest absolute Gasteiger partial charge is 0.495 e. The van der Waals surface area contributed by atoms with Gasteiger partial charge in [0.25, 0.3) is 0 Å². The molecule has 26 heavy (non-hydrogen) atoms. The fourth-order valence-electron chi connectivity index (χ4n) is 3.89. The highest BCUT2D eigenvalue weighted by Gasteiger charge is 2.45. The van der Waals surface area contributed by atoms with Crippen LogP contribution in [0.1, 0.15) is 17.8 Å². The fourth-order valence-corrected chi connectivity index (χ4v) is 5.24. The molecule has 3 heterocycles. The Kier molecular flexibility index (Phi) is 4.67. The normalized spacial score (nSPS) is 23.9. The lowest BCUT2D eigenvalue weighted by molar-refractivity contribution is 0.173. The summed E-state index contributed by atoms with van der Waals surface area (Å²) >= 11 is 0. The van der Waals surface area contributed by atoms with Crippen molar-refractivity contribution in [1.29, 1.82) is 0 Å². The maximum Gasteiger partial charge on any atom is 0.226 e. The van der Waals surface area contributed by atoms with E-state index in [2.05, 4.69) is 14.9 Å². The Bertz CT molecular complexity index is 824. The van der Waals surface area contributed by atoms with Crippen LogP contribution in [-0.4, -0.2) is 51.3 Å². The number of hydrogen-bond donors (Lipinski definition) is 0. The minimum absolute atomic E-state index is 0.323. The molecule has 0 N–H and O–H groups in total. The van der Waals surface area contributed by atoms with E-state index < -0.39 is 11.0 Å². The van der Waals surface area contributed by atoms with Gasteiger partial charge < -0.3 is 9.64 Å². The molecule has 0 amide bonds. The van der Waals surface area contributed by atoms with Gasteiger partial charge in [-0.05, 0) is 44.4 Å². The maximum absolute atomic E-state index is 13.1. The van der Waals surface area contributed by atoms with Crippen LogP contribution in [0.25, 0.3) is 0 Å². The van der Waals surface area contributed by atoms with Crippen LogP contribution in [0.3, 0.4) is 0 Å². The summed E-state index contributed by atoms with van der Waals surface area (Å²) in [6.45, 7) is 6.58. The Morgan fingerprint density at radius 2 is 1.88 bits per heavy atom. The first-order valence-corrected chi connectivity index (χ1v) is 10.1. The van der Waals surface area contributed by atoms with E-state index in [1.165, 1.54) is 0 Å². The molecular formula is C19H24N4O2S. The number of aryl methyl sites for hydroxylation is 2. The summed E-state index contributed by atoms with van der Waals surface area (Å²) in [5.41, 5.74) is 1.97. The molecule has 0 bridgehead atoms. The summed E-state index contributed by atoms with van der Waals surface area (Å²) in [6, 6.07) is 9.86. The number of para-hydroxylation sites is 1. The molecule has 0 spiro atoms. The van der Waals surface area contributed by atoms with Gasteiger partial charge in [0.1, 0.15) is 16.7 Å². The Hall–Kier alpha value is -1.99. The Labute approximate surface area is 156 Å². The van der Waals surface area contributed by atoms with E-state index in [-0.39, 0.29) is 0 Å². The Morgan fingerprint density at radius 3 is 2.62 bits per heavy atom. The quantitative estimate of drug-likeness (QED) is 0.824. The molecule has 7 heteroatoms. The van der Waals surface area contributed by atoms with Gasteiger partial charge in [-0.1, -0.05) is 12.1 Å². The predicted molar refractivity (Wildman–Crippen MR) is 102 cm³/mol. The lowest BCUT2D eigenvalue weighted by Gasteiger charge is -2.53. The molecule has 0 saturated carbocycles. The molecule has 3 unspecified atom stereocenters. The minimum atomic E-state index is -1.22. The van der Waals surface area contributed by atoms with Crippen molar-refractivity contribution < 1.29 is 8.95 Å². The minimum Gasteiger partial charge on any atom is -0.495 e. The van der Waals surface area contributed by atoms with Crippen molar-refractivity contribution in [2.75, 3.05) is 31.6 Å². The van der Waals surface area contributed by atoms with Crippen molar-refractivity contribution in [3.05, 3.63) is 41.7 Å². The number of nitrogens with zero attached hydrogens (tertiary/aromatic N) is 4. The number of fused-ring (bicyclic) bond motifs is 1. The summed E-state index contributed by atoms with van der Waals surface area (Å²) in [7, 11) is 0.396. The van der Waals surface area contributed by atoms with Crippen molar-refractivity contribution >= 4 is 16.9 Å². The summed E-state index contributed by atoms with van der Waals surface area (Å²) in [5, 5.41) is 0. The van der Waals surface area contributed by atoms with Crippen LogP contribution in [0.15, 0.2) is 35.2 Å². The van der Waals surface area contributed by atoms with Crippen LogP contribution < -0.4 is 9.64 Å². The highest BCUT2D eigenvalue weighted by Crippen LogP contribution is 2.36. The van der Waals surface area contributed by atoms with Gasteiger partial charge in [0.2, 0.25) is 5.95 Å². The smallest absolute Gasteiger partial charge is 0.226 e. The second-order valence-corrected chi connectivity index (χ2v) is 8.46. The molecule has 3 atom stereocenters. The van der Waals surface area contributed by atoms with Gasteiger partial charge in [0.15, 0.2) is 0 Å². The van der Waals surface area contributed by atoms with Crippen molar-refractivity contribution in [2.24, 2.45) is 5.92 Å². The van der Waals surface area contributed by atoms with Crippen molar-refractivity contribution in [3.63, 3.8) is 0 Å². The average Bonchev–Trinajstić information content (AvgIpc) is 2.61. The zero-order valence-corrected chi connectivity index (χ0v) is 16.2. The first-order chi connectivity index (χ1) is 12.6. The third-order valence-electron chi connectivity index (χ3n) is 5.23. The molecule has 4 rings (SSSR count). The van der Waals surface area contributed by atoms with Crippen LogP contribution in [0.5, 0.6) is 5.75 Å². The zero-order valence-electron chi connectivity index (χ0n) is 15.4. The SMILES string of the molecule is COc1ccccc1S(=O)N1CCC2CN(c3nc(C)cc(C)n3)C2C1. The van der Waals surface area contributed by atoms with Gasteiger partial charge in [-0.2, -0.15) is 0 Å². The van der Waals surface area contributed by atoms with Crippen LogP contribution in [0.2, 0.25) is 0 Å². The third kappa shape index (κ3) is 3.10. The lowest BCUT2D eigenvalue weighted by atomic mass is 9.83. The van der Waals surface area contributed by atoms with Gasteiger partial charge in [0, 0.05) is 31.0 Å². The van der Waals surface area contributed by atoms with Gasteiger partial charge in [0.05, 0.1) is 18.0 Å². The highest BCUT2D eigenvalue weighted by molar-refractivity contribution is 7.82. The van der Waals surface area contributed by atoms with Crippen LogP contribution in [-0.2, 0) is 11.0 Å². The maximum atomic E-state index is 13.1. The van der Waals surface area contributed by atoms with E-state index in [0.717, 1.165) is 48.3 Å². The second-order valence-electron chi connectivity index (χ2n) is 7.01. The molecule has 1 aromatic carbocycles. The fraction of sp³-hybridized carbons (Fsp3) is 0.474. The Morgan fingerprint density at radius 1 is 1.15 bits per heavy atom. The van der Waals surface area contributed by atoms with E-state index in [0.29, 0.717) is 17.7 Å². The number of ether oxygens (including phenoxy) is 1. The Balaban J connectivity index is 1.53. The van der Waals surface area contributed by atoms with E-state index in [4.69, 9.17) is 4.74 Å². The number of piperidine rings is 1. The molecule has 138 valence electrons. The number of aromatic nitrogens is 2. The van der Waals surface area contributed by atoms with Crippen LogP contribution in [0.4, 0.5) is 5.95 Å². The van der Waals surface area contributed by atoms with E-state index >= 15 is 0 Å². The third-order valence-corrected chi connectivity index (χ3v) is 6.75. The number of rotatable bonds is 4. The van der Waals surface area contributed by atoms with Crippen LogP contribution in [0, 0.1) is 19.8 Å². The van der Waals surface area contributed by atoms with E-state index in [1.54, 1.807) is 7.11 Å². The van der Waals surface area contributed by atoms with E-state index in [9.17, 15) is 4.21 Å². The summed E-state index contributed by atoms with van der Waals surface area (Å²) in [4.78, 5) is 12.2. The van der Waals surface area contributed by atoms with Crippen LogP contribution >= 0.6 is 0 Å². The van der Waals surface area contributed by atoms with Gasteiger partial charge >= 0.3 is 0 Å². The summed E-state index contributed by atoms with van der Waals surface area (Å²) in [5.74, 6) is 2.11. The number of benzene rings is 1. The predicted octanol–water partition coefficient (Wildman–Crippen LogP) is 2.34. The number of methoxy groups -OCH3 is 1.